The topological polar surface area (TPSA) is 79.8 Å². The summed E-state index contributed by atoms with van der Waals surface area (Å²) in [5.41, 5.74) is -1.31. The Hall–Kier alpha value is -1.62. The van der Waals surface area contributed by atoms with Crippen molar-refractivity contribution in [3.05, 3.63) is 32.0 Å². The second-order valence-electron chi connectivity index (χ2n) is 2.71. The van der Waals surface area contributed by atoms with Gasteiger partial charge in [-0.3, -0.25) is 10.1 Å². The maximum Gasteiger partial charge on any atom is 0.292 e. The van der Waals surface area contributed by atoms with Gasteiger partial charge in [0.25, 0.3) is 12.1 Å². The molecule has 1 aromatic heterocycles. The number of alkyl halides is 2. The summed E-state index contributed by atoms with van der Waals surface area (Å²) >= 11 is 2.77. The van der Waals surface area contributed by atoms with Crippen LogP contribution in [0.5, 0.6) is 0 Å². The minimum absolute atomic E-state index is 0.143. The molecule has 16 heavy (non-hydrogen) atoms. The van der Waals surface area contributed by atoms with Crippen molar-refractivity contribution in [2.24, 2.45) is 0 Å². The average Bonchev–Trinajstić information content (AvgIpc) is 2.19. The summed E-state index contributed by atoms with van der Waals surface area (Å²) in [7, 11) is 0. The van der Waals surface area contributed by atoms with E-state index in [1.54, 1.807) is 6.07 Å². The second kappa shape index (κ2) is 4.94. The third-order valence-corrected chi connectivity index (χ3v) is 2.34. The molecule has 0 aliphatic rings. The Labute approximate surface area is 97.0 Å². The molecule has 5 nitrogen and oxygen atoms in total. The van der Waals surface area contributed by atoms with Crippen LogP contribution < -0.4 is 0 Å². The van der Waals surface area contributed by atoms with Crippen LogP contribution in [0.15, 0.2) is 10.5 Å². The standard InChI is InChI=1S/C8H4BrF2N3O2/c9-4-3-6(14(15)16)5(1-2-12)13-7(4)8(10)11/h3,8H,1H2. The first-order chi connectivity index (χ1) is 7.47. The predicted molar refractivity (Wildman–Crippen MR) is 52.9 cm³/mol. The fourth-order valence-corrected chi connectivity index (χ4v) is 1.53. The zero-order chi connectivity index (χ0) is 12.3. The number of aromatic nitrogens is 1. The Balaban J connectivity index is 3.38. The summed E-state index contributed by atoms with van der Waals surface area (Å²) in [5.74, 6) is 0. The van der Waals surface area contributed by atoms with Crippen molar-refractivity contribution < 1.29 is 13.7 Å². The van der Waals surface area contributed by atoms with E-state index in [1.165, 1.54) is 0 Å². The monoisotopic (exact) mass is 291 g/mol. The van der Waals surface area contributed by atoms with Crippen LogP contribution in [-0.2, 0) is 6.42 Å². The zero-order valence-electron chi connectivity index (χ0n) is 7.65. The Bertz CT molecular complexity index is 473. The van der Waals surface area contributed by atoms with Gasteiger partial charge in [-0.1, -0.05) is 0 Å². The number of pyridine rings is 1. The smallest absolute Gasteiger partial charge is 0.258 e. The van der Waals surface area contributed by atoms with E-state index in [9.17, 15) is 18.9 Å². The maximum atomic E-state index is 12.4. The predicted octanol–water partition coefficient (Wildman–Crippen LogP) is 2.76. The summed E-state index contributed by atoms with van der Waals surface area (Å²) in [6.07, 6.45) is -3.24. The lowest BCUT2D eigenvalue weighted by Crippen LogP contribution is -2.03. The molecule has 0 atom stereocenters. The Morgan fingerprint density at radius 2 is 2.31 bits per heavy atom. The van der Waals surface area contributed by atoms with Crippen LogP contribution >= 0.6 is 15.9 Å². The van der Waals surface area contributed by atoms with E-state index in [0.717, 1.165) is 6.07 Å². The third-order valence-electron chi connectivity index (χ3n) is 1.71. The molecule has 0 amide bonds. The van der Waals surface area contributed by atoms with Gasteiger partial charge >= 0.3 is 0 Å². The summed E-state index contributed by atoms with van der Waals surface area (Å²) in [6, 6.07) is 2.57. The zero-order valence-corrected chi connectivity index (χ0v) is 9.24. The molecule has 0 unspecified atom stereocenters. The van der Waals surface area contributed by atoms with E-state index in [1.807, 2.05) is 0 Å². The lowest BCUT2D eigenvalue weighted by Gasteiger charge is -2.04. The van der Waals surface area contributed by atoms with E-state index in [0.29, 0.717) is 0 Å². The van der Waals surface area contributed by atoms with Gasteiger partial charge in [0.1, 0.15) is 11.4 Å². The normalized spacial score (nSPS) is 10.2. The molecule has 0 bridgehead atoms. The van der Waals surface area contributed by atoms with Gasteiger partial charge in [0, 0.05) is 6.07 Å². The van der Waals surface area contributed by atoms with Crippen molar-refractivity contribution >= 4 is 21.6 Å². The van der Waals surface area contributed by atoms with Gasteiger partial charge in [0.2, 0.25) is 0 Å². The maximum absolute atomic E-state index is 12.4. The molecule has 0 aliphatic carbocycles. The fraction of sp³-hybridized carbons (Fsp3) is 0.250. The van der Waals surface area contributed by atoms with E-state index in [2.05, 4.69) is 20.9 Å². The highest BCUT2D eigenvalue weighted by Crippen LogP contribution is 2.30. The van der Waals surface area contributed by atoms with Crippen LogP contribution in [-0.4, -0.2) is 9.91 Å². The number of nitriles is 1. The summed E-state index contributed by atoms with van der Waals surface area (Å²) in [5, 5.41) is 19.0. The number of nitrogens with zero attached hydrogens (tertiary/aromatic N) is 3. The Kier molecular flexibility index (Phi) is 3.84. The van der Waals surface area contributed by atoms with Gasteiger partial charge < -0.3 is 0 Å². The van der Waals surface area contributed by atoms with Gasteiger partial charge in [-0.15, -0.1) is 0 Å². The van der Waals surface area contributed by atoms with Crippen LogP contribution in [0.3, 0.4) is 0 Å². The first-order valence-corrected chi connectivity index (χ1v) is 4.75. The van der Waals surface area contributed by atoms with Crippen LogP contribution in [0.4, 0.5) is 14.5 Å². The average molecular weight is 292 g/mol. The van der Waals surface area contributed by atoms with Crippen molar-refractivity contribution in [2.45, 2.75) is 12.8 Å². The van der Waals surface area contributed by atoms with Crippen LogP contribution in [0.2, 0.25) is 0 Å². The minimum Gasteiger partial charge on any atom is -0.258 e. The van der Waals surface area contributed by atoms with Crippen LogP contribution in [0.1, 0.15) is 17.8 Å². The number of hydrogen-bond acceptors (Lipinski definition) is 4. The van der Waals surface area contributed by atoms with Crippen molar-refractivity contribution in [1.29, 1.82) is 5.26 Å². The molecule has 0 aromatic carbocycles. The van der Waals surface area contributed by atoms with Gasteiger partial charge in [0.05, 0.1) is 21.9 Å². The summed E-state index contributed by atoms with van der Waals surface area (Å²) in [6.45, 7) is 0. The number of halogens is 3. The van der Waals surface area contributed by atoms with Gasteiger partial charge in [-0.2, -0.15) is 5.26 Å². The van der Waals surface area contributed by atoms with Gasteiger partial charge in [-0.25, -0.2) is 13.8 Å². The van der Waals surface area contributed by atoms with Crippen LogP contribution in [0.25, 0.3) is 0 Å². The van der Waals surface area contributed by atoms with E-state index >= 15 is 0 Å². The first-order valence-electron chi connectivity index (χ1n) is 3.96. The molecule has 0 saturated heterocycles. The van der Waals surface area contributed by atoms with Crippen molar-refractivity contribution in [2.75, 3.05) is 0 Å². The molecular weight excluding hydrogens is 288 g/mol. The Morgan fingerprint density at radius 3 is 2.75 bits per heavy atom. The van der Waals surface area contributed by atoms with Crippen LogP contribution in [0, 0.1) is 21.4 Å². The van der Waals surface area contributed by atoms with Gasteiger partial charge in [-0.05, 0) is 15.9 Å². The molecule has 0 fully saturated rings. The van der Waals surface area contributed by atoms with Crippen molar-refractivity contribution in [3.8, 4) is 6.07 Å². The highest BCUT2D eigenvalue weighted by atomic mass is 79.9. The Morgan fingerprint density at radius 1 is 1.69 bits per heavy atom. The number of rotatable bonds is 3. The molecule has 0 radical (unpaired) electrons. The molecule has 84 valence electrons. The summed E-state index contributed by atoms with van der Waals surface area (Å²) < 4.78 is 24.7. The number of nitro groups is 1. The fourth-order valence-electron chi connectivity index (χ4n) is 1.05. The molecule has 8 heteroatoms. The quantitative estimate of drug-likeness (QED) is 0.633. The summed E-state index contributed by atoms with van der Waals surface area (Å²) in [4.78, 5) is 13.2. The molecule has 1 aromatic rings. The minimum atomic E-state index is -2.85. The van der Waals surface area contributed by atoms with E-state index in [-0.39, 0.29) is 16.6 Å². The molecule has 1 rings (SSSR count). The molecule has 1 heterocycles. The molecule has 0 aliphatic heterocycles. The molecule has 0 saturated carbocycles. The van der Waals surface area contributed by atoms with E-state index in [4.69, 9.17) is 5.26 Å². The second-order valence-corrected chi connectivity index (χ2v) is 3.57. The SMILES string of the molecule is N#CCc1nc(C(F)F)c(Br)cc1[N+](=O)[O-]. The number of hydrogen-bond donors (Lipinski definition) is 0. The third kappa shape index (κ3) is 2.49. The first kappa shape index (κ1) is 12.4. The lowest BCUT2D eigenvalue weighted by atomic mass is 10.2. The van der Waals surface area contributed by atoms with Gasteiger partial charge in [0.15, 0.2) is 0 Å². The highest BCUT2D eigenvalue weighted by molar-refractivity contribution is 9.10. The van der Waals surface area contributed by atoms with Crippen molar-refractivity contribution in [3.63, 3.8) is 0 Å². The highest BCUT2D eigenvalue weighted by Gasteiger charge is 2.22. The largest absolute Gasteiger partial charge is 0.292 e. The van der Waals surface area contributed by atoms with E-state index < -0.39 is 22.7 Å². The lowest BCUT2D eigenvalue weighted by molar-refractivity contribution is -0.385. The molecular formula is C8H4BrF2N3O2. The molecule has 0 N–H and O–H groups in total. The molecule has 0 spiro atoms. The van der Waals surface area contributed by atoms with Crippen molar-refractivity contribution in [1.82, 2.24) is 4.98 Å².